The van der Waals surface area contributed by atoms with E-state index in [0.29, 0.717) is 26.4 Å². The van der Waals surface area contributed by atoms with Gasteiger partial charge in [0.25, 0.3) is 0 Å². The molecule has 3 fully saturated rings. The fraction of sp³-hybridized carbons (Fsp3) is 0.556. The van der Waals surface area contributed by atoms with Crippen LogP contribution in [-0.2, 0) is 36.9 Å². The van der Waals surface area contributed by atoms with Crippen LogP contribution in [0.3, 0.4) is 0 Å². The molecule has 1 saturated carbocycles. The number of benzene rings is 2. The lowest BCUT2D eigenvalue weighted by Crippen LogP contribution is -2.49. The molecule has 2 aliphatic heterocycles. The Morgan fingerprint density at radius 2 is 1.34 bits per heavy atom. The molecule has 4 atom stereocenters. The Balaban J connectivity index is 1.22. The molecule has 2 aromatic rings. The molecule has 1 aliphatic carbocycles. The highest BCUT2D eigenvalue weighted by Gasteiger charge is 2.47. The summed E-state index contributed by atoms with van der Waals surface area (Å²) in [5, 5.41) is 0. The summed E-state index contributed by atoms with van der Waals surface area (Å²) >= 11 is 0. The fourth-order valence-corrected chi connectivity index (χ4v) is 5.03. The maximum Gasteiger partial charge on any atom is 0.169 e. The van der Waals surface area contributed by atoms with E-state index in [1.807, 2.05) is 36.4 Å². The number of hydrogen-bond donors (Lipinski definition) is 0. The summed E-state index contributed by atoms with van der Waals surface area (Å²) in [4.78, 5) is 0. The molecule has 3 aliphatic rings. The van der Waals surface area contributed by atoms with Crippen LogP contribution in [0.4, 0.5) is 0 Å². The highest BCUT2D eigenvalue weighted by Crippen LogP contribution is 2.40. The standard InChI is InChI=1S/C27H34O5/c1-4-10-21(11-5-1)17-28-23-16-24(26-20-31-27(32-26)14-8-3-9-15-27)30-19-25(23)29-18-22-12-6-2-7-13-22/h1-2,4-7,10-13,23-26H,3,8-9,14-20H2/t23-,24-,25+,26-/m1/s1. The van der Waals surface area contributed by atoms with E-state index in [1.54, 1.807) is 0 Å². The molecule has 1 spiro atoms. The van der Waals surface area contributed by atoms with Crippen molar-refractivity contribution < 1.29 is 23.7 Å². The third-order valence-corrected chi connectivity index (χ3v) is 6.87. The summed E-state index contributed by atoms with van der Waals surface area (Å²) < 4.78 is 31.6. The largest absolute Gasteiger partial charge is 0.373 e. The van der Waals surface area contributed by atoms with Gasteiger partial charge in [-0.25, -0.2) is 0 Å². The average molecular weight is 439 g/mol. The van der Waals surface area contributed by atoms with Crippen molar-refractivity contribution in [3.63, 3.8) is 0 Å². The third kappa shape index (κ3) is 5.41. The highest BCUT2D eigenvalue weighted by molar-refractivity contribution is 5.14. The summed E-state index contributed by atoms with van der Waals surface area (Å²) in [5.41, 5.74) is 2.32. The van der Waals surface area contributed by atoms with Crippen molar-refractivity contribution in [2.75, 3.05) is 13.2 Å². The van der Waals surface area contributed by atoms with Gasteiger partial charge in [-0.2, -0.15) is 0 Å². The van der Waals surface area contributed by atoms with Crippen molar-refractivity contribution in [1.29, 1.82) is 0 Å². The second-order valence-electron chi connectivity index (χ2n) is 9.22. The van der Waals surface area contributed by atoms with Gasteiger partial charge in [0.15, 0.2) is 5.79 Å². The molecule has 0 N–H and O–H groups in total. The normalized spacial score (nSPS) is 29.9. The predicted molar refractivity (Wildman–Crippen MR) is 121 cm³/mol. The molecule has 172 valence electrons. The minimum atomic E-state index is -0.382. The van der Waals surface area contributed by atoms with Crippen LogP contribution in [-0.4, -0.2) is 43.4 Å². The van der Waals surface area contributed by atoms with E-state index in [1.165, 1.54) is 24.8 Å². The Hall–Kier alpha value is -1.76. The number of ether oxygens (including phenoxy) is 5. The van der Waals surface area contributed by atoms with Crippen LogP contribution in [0.5, 0.6) is 0 Å². The first-order chi connectivity index (χ1) is 15.8. The van der Waals surface area contributed by atoms with E-state index in [-0.39, 0.29) is 30.2 Å². The minimum Gasteiger partial charge on any atom is -0.373 e. The molecule has 0 amide bonds. The van der Waals surface area contributed by atoms with E-state index >= 15 is 0 Å². The van der Waals surface area contributed by atoms with E-state index in [0.717, 1.165) is 24.8 Å². The summed E-state index contributed by atoms with van der Waals surface area (Å²) in [6, 6.07) is 20.6. The quantitative estimate of drug-likeness (QED) is 0.607. The van der Waals surface area contributed by atoms with E-state index in [4.69, 9.17) is 23.7 Å². The Bertz CT molecular complexity index is 820. The Labute approximate surface area is 191 Å². The van der Waals surface area contributed by atoms with E-state index in [2.05, 4.69) is 24.3 Å². The molecule has 2 heterocycles. The maximum atomic E-state index is 6.46. The first-order valence-electron chi connectivity index (χ1n) is 12.0. The molecule has 32 heavy (non-hydrogen) atoms. The second kappa shape index (κ2) is 10.4. The smallest absolute Gasteiger partial charge is 0.169 e. The van der Waals surface area contributed by atoms with Crippen molar-refractivity contribution >= 4 is 0 Å². The van der Waals surface area contributed by atoms with Gasteiger partial charge in [-0.3, -0.25) is 0 Å². The lowest BCUT2D eigenvalue weighted by molar-refractivity contribution is -0.220. The Morgan fingerprint density at radius 1 is 0.719 bits per heavy atom. The SMILES string of the molecule is c1ccc(CO[C@H]2CO[C@@H]([C@H]3COC4(CCCCC4)O3)C[C@H]2OCc2ccccc2)cc1. The van der Waals surface area contributed by atoms with Crippen LogP contribution in [0.15, 0.2) is 60.7 Å². The van der Waals surface area contributed by atoms with Crippen LogP contribution in [0.25, 0.3) is 0 Å². The van der Waals surface area contributed by atoms with Crippen molar-refractivity contribution in [3.8, 4) is 0 Å². The molecule has 0 radical (unpaired) electrons. The van der Waals surface area contributed by atoms with Gasteiger partial charge in [-0.1, -0.05) is 67.1 Å². The molecular weight excluding hydrogens is 404 g/mol. The molecule has 0 aromatic heterocycles. The average Bonchev–Trinajstić information content (AvgIpc) is 3.26. The van der Waals surface area contributed by atoms with Gasteiger partial charge in [-0.15, -0.1) is 0 Å². The van der Waals surface area contributed by atoms with Gasteiger partial charge < -0.3 is 23.7 Å². The summed E-state index contributed by atoms with van der Waals surface area (Å²) in [7, 11) is 0. The third-order valence-electron chi connectivity index (χ3n) is 6.87. The molecule has 5 heteroatoms. The minimum absolute atomic E-state index is 0.0337. The molecule has 5 rings (SSSR count). The monoisotopic (exact) mass is 438 g/mol. The summed E-state index contributed by atoms with van der Waals surface area (Å²) in [5.74, 6) is -0.382. The van der Waals surface area contributed by atoms with Crippen LogP contribution < -0.4 is 0 Å². The molecule has 0 bridgehead atoms. The lowest BCUT2D eigenvalue weighted by Gasteiger charge is -2.38. The zero-order valence-electron chi connectivity index (χ0n) is 18.7. The highest BCUT2D eigenvalue weighted by atomic mass is 16.8. The fourth-order valence-electron chi connectivity index (χ4n) is 5.03. The lowest BCUT2D eigenvalue weighted by atomic mass is 9.94. The van der Waals surface area contributed by atoms with Gasteiger partial charge in [-0.05, 0) is 24.0 Å². The molecule has 5 nitrogen and oxygen atoms in total. The summed E-state index contributed by atoms with van der Waals surface area (Å²) in [6.07, 6.45) is 6.13. The molecule has 2 saturated heterocycles. The zero-order valence-corrected chi connectivity index (χ0v) is 18.7. The Kier molecular flexibility index (Phi) is 7.20. The van der Waals surface area contributed by atoms with Crippen molar-refractivity contribution in [1.82, 2.24) is 0 Å². The first-order valence-corrected chi connectivity index (χ1v) is 12.0. The molecule has 2 aromatic carbocycles. The van der Waals surface area contributed by atoms with E-state index < -0.39 is 0 Å². The van der Waals surface area contributed by atoms with Crippen molar-refractivity contribution in [2.45, 2.75) is 81.9 Å². The molecular formula is C27H34O5. The van der Waals surface area contributed by atoms with Crippen LogP contribution in [0, 0.1) is 0 Å². The van der Waals surface area contributed by atoms with Gasteiger partial charge in [0.2, 0.25) is 0 Å². The van der Waals surface area contributed by atoms with Crippen molar-refractivity contribution in [2.24, 2.45) is 0 Å². The van der Waals surface area contributed by atoms with Crippen LogP contribution >= 0.6 is 0 Å². The second-order valence-corrected chi connectivity index (χ2v) is 9.22. The number of rotatable bonds is 7. The van der Waals surface area contributed by atoms with Crippen LogP contribution in [0.1, 0.15) is 49.7 Å². The van der Waals surface area contributed by atoms with Gasteiger partial charge >= 0.3 is 0 Å². The Morgan fingerprint density at radius 3 is 2.00 bits per heavy atom. The molecule has 0 unspecified atom stereocenters. The zero-order chi connectivity index (χ0) is 21.6. The van der Waals surface area contributed by atoms with Crippen LogP contribution in [0.2, 0.25) is 0 Å². The number of hydrogen-bond acceptors (Lipinski definition) is 5. The summed E-state index contributed by atoms with van der Waals surface area (Å²) in [6.45, 7) is 2.22. The maximum absolute atomic E-state index is 6.46. The predicted octanol–water partition coefficient (Wildman–Crippen LogP) is 5.02. The van der Waals surface area contributed by atoms with Crippen molar-refractivity contribution in [3.05, 3.63) is 71.8 Å². The van der Waals surface area contributed by atoms with Gasteiger partial charge in [0.1, 0.15) is 12.2 Å². The topological polar surface area (TPSA) is 46.2 Å². The first kappa shape index (κ1) is 22.1. The van der Waals surface area contributed by atoms with E-state index in [9.17, 15) is 0 Å². The van der Waals surface area contributed by atoms with Gasteiger partial charge in [0, 0.05) is 19.3 Å². The van der Waals surface area contributed by atoms with Gasteiger partial charge in [0.05, 0.1) is 38.6 Å².